The Kier molecular flexibility index (Phi) is 5.03. The molecular weight excluding hydrogens is 368 g/mol. The van der Waals surface area contributed by atoms with Gasteiger partial charge in [0, 0.05) is 47.6 Å². The fourth-order valence-electron chi connectivity index (χ4n) is 3.26. The predicted molar refractivity (Wildman–Crippen MR) is 102 cm³/mol. The van der Waals surface area contributed by atoms with Crippen LogP contribution in [0.5, 0.6) is 0 Å². The van der Waals surface area contributed by atoms with E-state index < -0.39 is 11.6 Å². The highest BCUT2D eigenvalue weighted by Crippen LogP contribution is 2.36. The summed E-state index contributed by atoms with van der Waals surface area (Å²) in [5.74, 6) is -0.258. The van der Waals surface area contributed by atoms with E-state index in [0.717, 1.165) is 17.6 Å². The number of halogens is 2. The molecule has 0 N–H and O–H groups in total. The van der Waals surface area contributed by atoms with Gasteiger partial charge in [-0.2, -0.15) is 11.8 Å². The Morgan fingerprint density at radius 3 is 2.70 bits per heavy atom. The number of fused-ring (bicyclic) bond motifs is 1. The molecule has 3 aromatic rings. The second-order valence-corrected chi connectivity index (χ2v) is 7.68. The summed E-state index contributed by atoms with van der Waals surface area (Å²) in [4.78, 5) is 23.1. The van der Waals surface area contributed by atoms with Crippen LogP contribution in [0.3, 0.4) is 0 Å². The van der Waals surface area contributed by atoms with Crippen molar-refractivity contribution in [2.24, 2.45) is 0 Å². The standard InChI is InChI=1S/C20H17F2N3OS/c21-14-2-3-16(22)15(12-14)19-5-8-25(9-10-27-19)20(26)13-1-4-17-18(11-13)24-7-6-23-17/h1-4,6-7,11-12,19H,5,8-10H2. The molecule has 0 bridgehead atoms. The summed E-state index contributed by atoms with van der Waals surface area (Å²) in [5, 5.41) is -0.166. The molecule has 2 aromatic carbocycles. The van der Waals surface area contributed by atoms with Crippen molar-refractivity contribution in [3.63, 3.8) is 0 Å². The van der Waals surface area contributed by atoms with Crippen LogP contribution < -0.4 is 0 Å². The number of aromatic nitrogens is 2. The van der Waals surface area contributed by atoms with Gasteiger partial charge in [-0.1, -0.05) is 0 Å². The van der Waals surface area contributed by atoms with Gasteiger partial charge in [-0.15, -0.1) is 0 Å². The van der Waals surface area contributed by atoms with E-state index in [-0.39, 0.29) is 11.2 Å². The zero-order valence-electron chi connectivity index (χ0n) is 14.4. The number of carbonyl (C=O) groups is 1. The molecule has 1 aliphatic rings. The molecule has 7 heteroatoms. The van der Waals surface area contributed by atoms with E-state index in [9.17, 15) is 13.6 Å². The first-order valence-corrected chi connectivity index (χ1v) is 9.73. The average Bonchev–Trinajstić information content (AvgIpc) is 2.95. The Balaban J connectivity index is 1.51. The summed E-state index contributed by atoms with van der Waals surface area (Å²) in [5.41, 5.74) is 2.34. The van der Waals surface area contributed by atoms with Crippen LogP contribution in [0, 0.1) is 11.6 Å². The van der Waals surface area contributed by atoms with Gasteiger partial charge in [0.25, 0.3) is 5.91 Å². The van der Waals surface area contributed by atoms with E-state index in [1.165, 1.54) is 6.07 Å². The maximum absolute atomic E-state index is 14.1. The Bertz CT molecular complexity index is 998. The van der Waals surface area contributed by atoms with Crippen LogP contribution in [0.2, 0.25) is 0 Å². The third-order valence-electron chi connectivity index (χ3n) is 4.65. The van der Waals surface area contributed by atoms with Gasteiger partial charge >= 0.3 is 0 Å². The van der Waals surface area contributed by atoms with E-state index in [0.29, 0.717) is 41.9 Å². The summed E-state index contributed by atoms with van der Waals surface area (Å²) in [6.45, 7) is 1.06. The van der Waals surface area contributed by atoms with Gasteiger partial charge in [-0.05, 0) is 42.8 Å². The molecule has 0 radical (unpaired) electrons. The van der Waals surface area contributed by atoms with Crippen molar-refractivity contribution in [1.82, 2.24) is 14.9 Å². The maximum Gasteiger partial charge on any atom is 0.253 e. The van der Waals surface area contributed by atoms with Crippen LogP contribution >= 0.6 is 11.8 Å². The number of carbonyl (C=O) groups excluding carboxylic acids is 1. The fraction of sp³-hybridized carbons (Fsp3) is 0.250. The van der Waals surface area contributed by atoms with E-state index in [4.69, 9.17) is 0 Å². The summed E-state index contributed by atoms with van der Waals surface area (Å²) < 4.78 is 27.6. The Morgan fingerprint density at radius 2 is 1.85 bits per heavy atom. The lowest BCUT2D eigenvalue weighted by Gasteiger charge is -2.20. The molecule has 0 aliphatic carbocycles. The third kappa shape index (κ3) is 3.78. The van der Waals surface area contributed by atoms with Crippen molar-refractivity contribution >= 4 is 28.7 Å². The van der Waals surface area contributed by atoms with Gasteiger partial charge in [0.05, 0.1) is 11.0 Å². The van der Waals surface area contributed by atoms with Crippen molar-refractivity contribution in [3.05, 3.63) is 71.6 Å². The zero-order chi connectivity index (χ0) is 18.8. The van der Waals surface area contributed by atoms with Crippen LogP contribution in [0.25, 0.3) is 11.0 Å². The van der Waals surface area contributed by atoms with Crippen LogP contribution in [-0.2, 0) is 0 Å². The SMILES string of the molecule is O=C(c1ccc2nccnc2c1)N1CCSC(c2cc(F)ccc2F)CC1. The molecule has 1 saturated heterocycles. The first kappa shape index (κ1) is 17.9. The average molecular weight is 385 g/mol. The highest BCUT2D eigenvalue weighted by molar-refractivity contribution is 7.99. The summed E-state index contributed by atoms with van der Waals surface area (Å²) >= 11 is 1.56. The fourth-order valence-corrected chi connectivity index (χ4v) is 4.50. The van der Waals surface area contributed by atoms with Gasteiger partial charge in [0.1, 0.15) is 11.6 Å². The summed E-state index contributed by atoms with van der Waals surface area (Å²) in [6.07, 6.45) is 3.78. The van der Waals surface area contributed by atoms with Crippen LogP contribution in [0.4, 0.5) is 8.78 Å². The van der Waals surface area contributed by atoms with Crippen molar-refractivity contribution in [3.8, 4) is 0 Å². The van der Waals surface area contributed by atoms with Gasteiger partial charge in [-0.3, -0.25) is 14.8 Å². The normalized spacial score (nSPS) is 17.7. The lowest BCUT2D eigenvalue weighted by molar-refractivity contribution is 0.0766. The van der Waals surface area contributed by atoms with E-state index in [2.05, 4.69) is 9.97 Å². The monoisotopic (exact) mass is 385 g/mol. The number of nitrogens with zero attached hydrogens (tertiary/aromatic N) is 3. The Hall–Kier alpha value is -2.54. The lowest BCUT2D eigenvalue weighted by atomic mass is 10.1. The largest absolute Gasteiger partial charge is 0.338 e. The summed E-state index contributed by atoms with van der Waals surface area (Å²) in [7, 11) is 0. The second-order valence-electron chi connectivity index (χ2n) is 6.37. The molecule has 0 saturated carbocycles. The number of thioether (sulfide) groups is 1. The van der Waals surface area contributed by atoms with Crippen LogP contribution in [0.15, 0.2) is 48.8 Å². The smallest absolute Gasteiger partial charge is 0.253 e. The molecule has 2 heterocycles. The first-order chi connectivity index (χ1) is 13.1. The topological polar surface area (TPSA) is 46.1 Å². The van der Waals surface area contributed by atoms with E-state index in [1.807, 2.05) is 0 Å². The quantitative estimate of drug-likeness (QED) is 0.662. The minimum Gasteiger partial charge on any atom is -0.338 e. The predicted octanol–water partition coefficient (Wildman–Crippen LogP) is 4.23. The molecule has 1 amide bonds. The zero-order valence-corrected chi connectivity index (χ0v) is 15.3. The van der Waals surface area contributed by atoms with Crippen molar-refractivity contribution in [2.45, 2.75) is 11.7 Å². The van der Waals surface area contributed by atoms with Crippen LogP contribution in [-0.4, -0.2) is 39.6 Å². The summed E-state index contributed by atoms with van der Waals surface area (Å²) in [6, 6.07) is 8.82. The third-order valence-corrected chi connectivity index (χ3v) is 5.96. The molecule has 4 nitrogen and oxygen atoms in total. The first-order valence-electron chi connectivity index (χ1n) is 8.68. The van der Waals surface area contributed by atoms with Crippen molar-refractivity contribution < 1.29 is 13.6 Å². The van der Waals surface area contributed by atoms with Gasteiger partial charge < -0.3 is 4.90 Å². The minimum atomic E-state index is -0.443. The molecule has 1 fully saturated rings. The molecule has 1 unspecified atom stereocenters. The molecule has 1 aliphatic heterocycles. The highest BCUT2D eigenvalue weighted by Gasteiger charge is 2.25. The van der Waals surface area contributed by atoms with E-state index >= 15 is 0 Å². The molecule has 1 aromatic heterocycles. The number of hydrogen-bond donors (Lipinski definition) is 0. The Morgan fingerprint density at radius 1 is 1.04 bits per heavy atom. The van der Waals surface area contributed by atoms with E-state index in [1.54, 1.807) is 47.3 Å². The number of rotatable bonds is 2. The lowest BCUT2D eigenvalue weighted by Crippen LogP contribution is -2.33. The van der Waals surface area contributed by atoms with Gasteiger partial charge in [0.2, 0.25) is 0 Å². The number of amides is 1. The van der Waals surface area contributed by atoms with Crippen molar-refractivity contribution in [2.75, 3.05) is 18.8 Å². The molecule has 138 valence electrons. The second kappa shape index (κ2) is 7.60. The molecule has 0 spiro atoms. The minimum absolute atomic E-state index is 0.0801. The molecule has 4 rings (SSSR count). The number of benzene rings is 2. The maximum atomic E-state index is 14.1. The number of hydrogen-bond acceptors (Lipinski definition) is 4. The van der Waals surface area contributed by atoms with Gasteiger partial charge in [-0.25, -0.2) is 8.78 Å². The molecular formula is C20H17F2N3OS. The van der Waals surface area contributed by atoms with Crippen LogP contribution in [0.1, 0.15) is 27.6 Å². The highest BCUT2D eigenvalue weighted by atomic mass is 32.2. The molecule has 27 heavy (non-hydrogen) atoms. The molecule has 1 atom stereocenters. The Labute approximate surface area is 159 Å². The van der Waals surface area contributed by atoms with Gasteiger partial charge in [0.15, 0.2) is 0 Å². The van der Waals surface area contributed by atoms with Crippen molar-refractivity contribution in [1.29, 1.82) is 0 Å².